The highest BCUT2D eigenvalue weighted by atomic mass is 19.1. The van der Waals surface area contributed by atoms with Crippen molar-refractivity contribution in [1.29, 1.82) is 0 Å². The minimum Gasteiger partial charge on any atom is -0.491 e. The predicted molar refractivity (Wildman–Crippen MR) is 125 cm³/mol. The van der Waals surface area contributed by atoms with Gasteiger partial charge in [0.05, 0.1) is 11.7 Å². The number of urea groups is 1. The lowest BCUT2D eigenvalue weighted by atomic mass is 10.0. The van der Waals surface area contributed by atoms with Crippen LogP contribution in [0, 0.1) is 11.7 Å². The highest BCUT2D eigenvalue weighted by Gasteiger charge is 2.25. The molecule has 33 heavy (non-hydrogen) atoms. The first-order chi connectivity index (χ1) is 15.8. The molecule has 2 aromatic rings. The molecule has 1 aliphatic heterocycles. The second-order valence-electron chi connectivity index (χ2n) is 8.35. The zero-order valence-corrected chi connectivity index (χ0v) is 19.4. The molecule has 0 fully saturated rings. The number of likely N-dealkylation sites (N-methyl/N-ethyl adjacent to an activating group) is 1. The number of benzene rings is 2. The number of amides is 3. The second-order valence-corrected chi connectivity index (χ2v) is 8.35. The van der Waals surface area contributed by atoms with Crippen LogP contribution in [0.2, 0.25) is 0 Å². The molecule has 1 heterocycles. The molecule has 2 aromatic carbocycles. The average molecular weight is 459 g/mol. The predicted octanol–water partition coefficient (Wildman–Crippen LogP) is 3.56. The van der Waals surface area contributed by atoms with Crippen LogP contribution in [0.4, 0.5) is 20.6 Å². The molecular weight excluding hydrogens is 427 g/mol. The number of anilines is 2. The Balaban J connectivity index is 1.80. The van der Waals surface area contributed by atoms with E-state index in [-0.39, 0.29) is 29.8 Å². The van der Waals surface area contributed by atoms with E-state index < -0.39 is 6.03 Å². The summed E-state index contributed by atoms with van der Waals surface area (Å²) in [5.41, 5.74) is 1.31. The Hall–Kier alpha value is -3.17. The third kappa shape index (κ3) is 6.66. The Morgan fingerprint density at radius 3 is 2.52 bits per heavy atom. The molecule has 0 saturated heterocycles. The molecule has 3 atom stereocenters. The molecule has 3 N–H and O–H groups in total. The number of methoxy groups -OCH3 is 1. The largest absolute Gasteiger partial charge is 0.491 e. The number of hydrogen-bond donors (Lipinski definition) is 3. The van der Waals surface area contributed by atoms with E-state index in [1.807, 2.05) is 6.92 Å². The van der Waals surface area contributed by atoms with Crippen LogP contribution in [0.15, 0.2) is 42.5 Å². The van der Waals surface area contributed by atoms with Gasteiger partial charge in [0.2, 0.25) is 0 Å². The molecule has 8 nitrogen and oxygen atoms in total. The third-order valence-electron chi connectivity index (χ3n) is 5.59. The first-order valence-electron chi connectivity index (χ1n) is 10.9. The number of carbonyl (C=O) groups excluding carboxylic acids is 2. The van der Waals surface area contributed by atoms with E-state index in [0.717, 1.165) is 6.54 Å². The molecule has 1 aliphatic rings. The van der Waals surface area contributed by atoms with Crippen molar-refractivity contribution >= 4 is 23.3 Å². The normalized spacial score (nSPS) is 21.8. The molecular formula is C24H31FN4O4. The summed E-state index contributed by atoms with van der Waals surface area (Å²) in [6.07, 6.45) is -0.112. The van der Waals surface area contributed by atoms with Crippen molar-refractivity contribution in [3.8, 4) is 5.75 Å². The maximum absolute atomic E-state index is 13.1. The van der Waals surface area contributed by atoms with Crippen LogP contribution in [0.1, 0.15) is 24.2 Å². The number of fused-ring (bicyclic) bond motifs is 1. The summed E-state index contributed by atoms with van der Waals surface area (Å²) in [7, 11) is 3.38. The van der Waals surface area contributed by atoms with Gasteiger partial charge in [-0.1, -0.05) is 6.92 Å². The van der Waals surface area contributed by atoms with E-state index in [1.54, 1.807) is 37.3 Å². The van der Waals surface area contributed by atoms with E-state index in [9.17, 15) is 14.0 Å². The molecule has 0 aromatic heterocycles. The van der Waals surface area contributed by atoms with Gasteiger partial charge in [-0.3, -0.25) is 4.79 Å². The van der Waals surface area contributed by atoms with E-state index in [1.165, 1.54) is 24.3 Å². The Labute approximate surface area is 193 Å². The molecule has 0 saturated carbocycles. The van der Waals surface area contributed by atoms with Crippen molar-refractivity contribution in [3.63, 3.8) is 0 Å². The number of ether oxygens (including phenoxy) is 2. The van der Waals surface area contributed by atoms with Crippen molar-refractivity contribution in [2.24, 2.45) is 5.92 Å². The Morgan fingerprint density at radius 1 is 1.15 bits per heavy atom. The number of hydrogen-bond acceptors (Lipinski definition) is 5. The van der Waals surface area contributed by atoms with Crippen molar-refractivity contribution in [2.75, 3.05) is 44.5 Å². The van der Waals surface area contributed by atoms with Crippen molar-refractivity contribution in [1.82, 2.24) is 10.2 Å². The monoisotopic (exact) mass is 458 g/mol. The summed E-state index contributed by atoms with van der Waals surface area (Å²) in [6, 6.07) is 9.91. The highest BCUT2D eigenvalue weighted by Crippen LogP contribution is 2.26. The molecule has 0 spiro atoms. The lowest BCUT2D eigenvalue weighted by Crippen LogP contribution is -2.44. The van der Waals surface area contributed by atoms with Crippen LogP contribution in [0.3, 0.4) is 0 Å². The maximum Gasteiger partial charge on any atom is 0.323 e. The van der Waals surface area contributed by atoms with Gasteiger partial charge < -0.3 is 30.3 Å². The van der Waals surface area contributed by atoms with E-state index in [2.05, 4.69) is 22.9 Å². The summed E-state index contributed by atoms with van der Waals surface area (Å²) in [4.78, 5) is 27.1. The van der Waals surface area contributed by atoms with Gasteiger partial charge in [-0.25, -0.2) is 9.18 Å². The molecule has 3 amide bonds. The molecule has 178 valence electrons. The maximum atomic E-state index is 13.1. The van der Waals surface area contributed by atoms with Crippen molar-refractivity contribution < 1.29 is 23.5 Å². The van der Waals surface area contributed by atoms with Gasteiger partial charge in [-0.2, -0.15) is 0 Å². The summed E-state index contributed by atoms with van der Waals surface area (Å²) in [5, 5.41) is 8.79. The Kier molecular flexibility index (Phi) is 8.24. The number of rotatable bonds is 3. The molecule has 0 aliphatic carbocycles. The van der Waals surface area contributed by atoms with Crippen LogP contribution < -0.4 is 20.7 Å². The van der Waals surface area contributed by atoms with Crippen molar-refractivity contribution in [2.45, 2.75) is 26.0 Å². The van der Waals surface area contributed by atoms with Gasteiger partial charge in [0.1, 0.15) is 18.2 Å². The fourth-order valence-electron chi connectivity index (χ4n) is 3.56. The van der Waals surface area contributed by atoms with Crippen LogP contribution in [0.5, 0.6) is 5.75 Å². The zero-order chi connectivity index (χ0) is 24.0. The summed E-state index contributed by atoms with van der Waals surface area (Å²) < 4.78 is 24.7. The van der Waals surface area contributed by atoms with Gasteiger partial charge in [-0.15, -0.1) is 0 Å². The lowest BCUT2D eigenvalue weighted by Gasteiger charge is -2.30. The molecule has 3 rings (SSSR count). The van der Waals surface area contributed by atoms with Gasteiger partial charge in [-0.05, 0) is 49.2 Å². The Bertz CT molecular complexity index is 969. The molecule has 9 heteroatoms. The highest BCUT2D eigenvalue weighted by molar-refractivity contribution is 6.01. The summed E-state index contributed by atoms with van der Waals surface area (Å²) in [6.45, 7) is 5.60. The fraction of sp³-hybridized carbons (Fsp3) is 0.417. The van der Waals surface area contributed by atoms with Crippen LogP contribution in [0.25, 0.3) is 0 Å². The standard InChI is InChI=1S/C24H31FN4O4/c1-15-12-26-16(2)14-33-21-11-19(28-24(31)27-18-7-5-17(25)6-8-18)9-10-20(21)23(30)29(3)13-22(15)32-4/h5-11,15-16,22,26H,12-14H2,1-4H3,(H2,27,28,31)/t15-,16+,22-/m1/s1. The van der Waals surface area contributed by atoms with E-state index in [0.29, 0.717) is 35.8 Å². The molecule has 0 bridgehead atoms. The van der Waals surface area contributed by atoms with Gasteiger partial charge in [0, 0.05) is 50.7 Å². The van der Waals surface area contributed by atoms with Crippen molar-refractivity contribution in [3.05, 3.63) is 53.8 Å². The van der Waals surface area contributed by atoms with Gasteiger partial charge in [0.15, 0.2) is 0 Å². The topological polar surface area (TPSA) is 91.9 Å². The first kappa shape index (κ1) is 24.5. The smallest absolute Gasteiger partial charge is 0.323 e. The summed E-state index contributed by atoms with van der Waals surface area (Å²) in [5.74, 6) is 0.00541. The summed E-state index contributed by atoms with van der Waals surface area (Å²) >= 11 is 0. The zero-order valence-electron chi connectivity index (χ0n) is 19.4. The second kappa shape index (κ2) is 11.1. The molecule has 0 radical (unpaired) electrons. The quantitative estimate of drug-likeness (QED) is 0.654. The van der Waals surface area contributed by atoms with Gasteiger partial charge in [0.25, 0.3) is 5.91 Å². The number of nitrogens with one attached hydrogen (secondary N) is 3. The lowest BCUT2D eigenvalue weighted by molar-refractivity contribution is 0.0281. The van der Waals surface area contributed by atoms with Gasteiger partial charge >= 0.3 is 6.03 Å². The fourth-order valence-corrected chi connectivity index (χ4v) is 3.56. The third-order valence-corrected chi connectivity index (χ3v) is 5.59. The van der Waals surface area contributed by atoms with Crippen LogP contribution in [-0.2, 0) is 4.74 Å². The minimum atomic E-state index is -0.495. The SMILES string of the molecule is CO[C@@H]1CN(C)C(=O)c2ccc(NC(=O)Nc3ccc(F)cc3)cc2OC[C@H](C)NC[C@H]1C. The molecule has 0 unspecified atom stereocenters. The number of nitrogens with zero attached hydrogens (tertiary/aromatic N) is 1. The average Bonchev–Trinajstić information content (AvgIpc) is 2.80. The first-order valence-corrected chi connectivity index (χ1v) is 10.9. The minimum absolute atomic E-state index is 0.0449. The Morgan fingerprint density at radius 2 is 1.82 bits per heavy atom. The van der Waals surface area contributed by atoms with E-state index in [4.69, 9.17) is 9.47 Å². The number of halogens is 1. The van der Waals surface area contributed by atoms with Crippen LogP contribution in [-0.4, -0.2) is 62.8 Å². The number of carbonyl (C=O) groups is 2. The van der Waals surface area contributed by atoms with Crippen LogP contribution >= 0.6 is 0 Å². The van der Waals surface area contributed by atoms with E-state index >= 15 is 0 Å².